The van der Waals surface area contributed by atoms with Gasteiger partial charge in [0.1, 0.15) is 0 Å². The van der Waals surface area contributed by atoms with Crippen molar-refractivity contribution in [3.05, 3.63) is 21.3 Å². The summed E-state index contributed by atoms with van der Waals surface area (Å²) >= 11 is 7.46. The fourth-order valence-corrected chi connectivity index (χ4v) is 3.20. The van der Waals surface area contributed by atoms with Gasteiger partial charge in [-0.3, -0.25) is 4.79 Å². The Kier molecular flexibility index (Phi) is 6.43. The van der Waals surface area contributed by atoms with Crippen LogP contribution in [0, 0.1) is 5.92 Å². The third-order valence-corrected chi connectivity index (χ3v) is 4.52. The summed E-state index contributed by atoms with van der Waals surface area (Å²) in [5, 5.41) is 2.67. The lowest BCUT2D eigenvalue weighted by molar-refractivity contribution is -0.130. The van der Waals surface area contributed by atoms with Crippen LogP contribution in [0.15, 0.2) is 11.4 Å². The molecule has 0 spiro atoms. The minimum absolute atomic E-state index is 0. The second kappa shape index (κ2) is 7.34. The zero-order chi connectivity index (χ0) is 12.3. The van der Waals surface area contributed by atoms with Gasteiger partial charge in [-0.1, -0.05) is 11.6 Å². The zero-order valence-corrected chi connectivity index (χ0v) is 12.5. The maximum absolute atomic E-state index is 11.9. The molecule has 1 aliphatic rings. The Morgan fingerprint density at radius 2 is 2.39 bits per heavy atom. The number of carbonyl (C=O) groups is 1. The van der Waals surface area contributed by atoms with Gasteiger partial charge in [-0.05, 0) is 31.4 Å². The van der Waals surface area contributed by atoms with Crippen LogP contribution in [0.5, 0.6) is 0 Å². The number of thiophene rings is 1. The molecule has 1 aromatic rings. The molecule has 18 heavy (non-hydrogen) atoms. The number of nitrogens with two attached hydrogens (primary N) is 1. The summed E-state index contributed by atoms with van der Waals surface area (Å²) in [4.78, 5) is 15.1. The second-order valence-electron chi connectivity index (χ2n) is 4.46. The van der Waals surface area contributed by atoms with Gasteiger partial charge >= 0.3 is 0 Å². The molecule has 0 bridgehead atoms. The number of halogens is 2. The molecule has 0 aliphatic carbocycles. The maximum Gasteiger partial charge on any atom is 0.222 e. The van der Waals surface area contributed by atoms with E-state index in [-0.39, 0.29) is 18.3 Å². The van der Waals surface area contributed by atoms with Crippen LogP contribution in [0.1, 0.15) is 17.7 Å². The number of aryl methyl sites for hydroxylation is 1. The van der Waals surface area contributed by atoms with Crippen LogP contribution in [0.2, 0.25) is 5.02 Å². The summed E-state index contributed by atoms with van der Waals surface area (Å²) in [5.74, 6) is 0.737. The normalized spacial score (nSPS) is 18.8. The van der Waals surface area contributed by atoms with E-state index < -0.39 is 0 Å². The third-order valence-electron chi connectivity index (χ3n) is 3.18. The van der Waals surface area contributed by atoms with Gasteiger partial charge in [0.05, 0.1) is 5.02 Å². The van der Waals surface area contributed by atoms with Crippen LogP contribution in [-0.4, -0.2) is 30.4 Å². The average molecular weight is 309 g/mol. The van der Waals surface area contributed by atoms with Gasteiger partial charge in [0.15, 0.2) is 0 Å². The van der Waals surface area contributed by atoms with Crippen molar-refractivity contribution < 1.29 is 4.79 Å². The molecule has 2 N–H and O–H groups in total. The van der Waals surface area contributed by atoms with E-state index in [0.29, 0.717) is 18.9 Å². The molecule has 1 atom stereocenters. The summed E-state index contributed by atoms with van der Waals surface area (Å²) in [6, 6.07) is 1.94. The standard InChI is InChI=1S/C12H17ClN2OS.ClH/c13-10-5-11(17-8-10)1-2-12(16)15-4-3-9(6-14)7-15;/h5,8-9H,1-4,6-7,14H2;1H. The molecule has 1 saturated heterocycles. The first-order valence-corrected chi connectivity index (χ1v) is 7.15. The molecule has 1 fully saturated rings. The van der Waals surface area contributed by atoms with Gasteiger partial charge in [0, 0.05) is 29.8 Å². The van der Waals surface area contributed by atoms with Gasteiger partial charge in [0.2, 0.25) is 5.91 Å². The minimum Gasteiger partial charge on any atom is -0.342 e. The fourth-order valence-electron chi connectivity index (χ4n) is 2.12. The lowest BCUT2D eigenvalue weighted by Gasteiger charge is -2.15. The molecule has 3 nitrogen and oxygen atoms in total. The van der Waals surface area contributed by atoms with Crippen molar-refractivity contribution in [1.82, 2.24) is 4.90 Å². The highest BCUT2D eigenvalue weighted by Gasteiger charge is 2.24. The zero-order valence-electron chi connectivity index (χ0n) is 10.1. The van der Waals surface area contributed by atoms with Crippen molar-refractivity contribution in [2.24, 2.45) is 11.7 Å². The van der Waals surface area contributed by atoms with E-state index in [0.717, 1.165) is 31.0 Å². The molecule has 2 rings (SSSR count). The van der Waals surface area contributed by atoms with E-state index >= 15 is 0 Å². The van der Waals surface area contributed by atoms with Gasteiger partial charge in [-0.15, -0.1) is 23.7 Å². The van der Waals surface area contributed by atoms with Crippen molar-refractivity contribution in [2.45, 2.75) is 19.3 Å². The van der Waals surface area contributed by atoms with Crippen LogP contribution < -0.4 is 5.73 Å². The highest BCUT2D eigenvalue weighted by Crippen LogP contribution is 2.21. The van der Waals surface area contributed by atoms with Crippen LogP contribution >= 0.6 is 35.3 Å². The van der Waals surface area contributed by atoms with E-state index in [2.05, 4.69) is 0 Å². The maximum atomic E-state index is 11.9. The molecule has 6 heteroatoms. The molecule has 102 valence electrons. The molecule has 1 unspecified atom stereocenters. The largest absolute Gasteiger partial charge is 0.342 e. The fraction of sp³-hybridized carbons (Fsp3) is 0.583. The average Bonchev–Trinajstić information content (AvgIpc) is 2.94. The first-order valence-electron chi connectivity index (χ1n) is 5.90. The predicted octanol–water partition coefficient (Wildman–Crippen LogP) is 2.56. The van der Waals surface area contributed by atoms with Crippen molar-refractivity contribution >= 4 is 41.3 Å². The summed E-state index contributed by atoms with van der Waals surface area (Å²) in [5.41, 5.74) is 5.61. The van der Waals surface area contributed by atoms with Gasteiger partial charge in [-0.25, -0.2) is 0 Å². The monoisotopic (exact) mass is 308 g/mol. The van der Waals surface area contributed by atoms with Gasteiger partial charge in [-0.2, -0.15) is 0 Å². The van der Waals surface area contributed by atoms with Crippen LogP contribution in [0.4, 0.5) is 0 Å². The SMILES string of the molecule is Cl.NCC1CCN(C(=O)CCc2cc(Cl)cs2)C1. The summed E-state index contributed by atoms with van der Waals surface area (Å²) < 4.78 is 0. The van der Waals surface area contributed by atoms with Crippen LogP contribution in [0.3, 0.4) is 0 Å². The Morgan fingerprint density at radius 3 is 2.94 bits per heavy atom. The molecule has 0 radical (unpaired) electrons. The lowest BCUT2D eigenvalue weighted by Crippen LogP contribution is -2.29. The second-order valence-corrected chi connectivity index (χ2v) is 5.89. The molecule has 0 saturated carbocycles. The number of hydrogen-bond acceptors (Lipinski definition) is 3. The van der Waals surface area contributed by atoms with E-state index in [4.69, 9.17) is 17.3 Å². The van der Waals surface area contributed by atoms with Crippen molar-refractivity contribution in [1.29, 1.82) is 0 Å². The Bertz CT molecular complexity index is 397. The molecule has 2 heterocycles. The van der Waals surface area contributed by atoms with Gasteiger partial charge < -0.3 is 10.6 Å². The Balaban J connectivity index is 0.00000162. The Labute approximate surface area is 123 Å². The van der Waals surface area contributed by atoms with E-state index in [1.165, 1.54) is 4.88 Å². The number of hydrogen-bond donors (Lipinski definition) is 1. The predicted molar refractivity (Wildman–Crippen MR) is 78.6 cm³/mol. The molecular formula is C12H18Cl2N2OS. The summed E-state index contributed by atoms with van der Waals surface area (Å²) in [7, 11) is 0. The Morgan fingerprint density at radius 1 is 1.61 bits per heavy atom. The lowest BCUT2D eigenvalue weighted by atomic mass is 10.1. The van der Waals surface area contributed by atoms with Crippen LogP contribution in [-0.2, 0) is 11.2 Å². The van der Waals surface area contributed by atoms with Crippen molar-refractivity contribution in [3.63, 3.8) is 0 Å². The van der Waals surface area contributed by atoms with Gasteiger partial charge in [0.25, 0.3) is 0 Å². The van der Waals surface area contributed by atoms with Crippen molar-refractivity contribution in [2.75, 3.05) is 19.6 Å². The number of amides is 1. The van der Waals surface area contributed by atoms with E-state index in [1.54, 1.807) is 11.3 Å². The highest BCUT2D eigenvalue weighted by molar-refractivity contribution is 7.10. The Hall–Kier alpha value is -0.290. The number of rotatable bonds is 4. The smallest absolute Gasteiger partial charge is 0.222 e. The topological polar surface area (TPSA) is 46.3 Å². The van der Waals surface area contributed by atoms with E-state index in [9.17, 15) is 4.79 Å². The summed E-state index contributed by atoms with van der Waals surface area (Å²) in [6.45, 7) is 2.39. The summed E-state index contributed by atoms with van der Waals surface area (Å²) in [6.07, 6.45) is 2.42. The molecule has 1 aliphatic heterocycles. The minimum atomic E-state index is 0. The quantitative estimate of drug-likeness (QED) is 0.929. The van der Waals surface area contributed by atoms with E-state index in [1.807, 2.05) is 16.3 Å². The first-order chi connectivity index (χ1) is 8.19. The number of carbonyl (C=O) groups excluding carboxylic acids is 1. The molecular weight excluding hydrogens is 291 g/mol. The van der Waals surface area contributed by atoms with Crippen molar-refractivity contribution in [3.8, 4) is 0 Å². The molecule has 1 amide bonds. The third kappa shape index (κ3) is 4.12. The molecule has 1 aromatic heterocycles. The number of nitrogens with zero attached hydrogens (tertiary/aromatic N) is 1. The first kappa shape index (κ1) is 15.8. The number of likely N-dealkylation sites (tertiary alicyclic amines) is 1. The molecule has 0 aromatic carbocycles. The highest BCUT2D eigenvalue weighted by atomic mass is 35.5. The van der Waals surface area contributed by atoms with Crippen LogP contribution in [0.25, 0.3) is 0 Å².